The Labute approximate surface area is 126 Å². The highest BCUT2D eigenvalue weighted by atomic mass is 32.2. The van der Waals surface area contributed by atoms with E-state index in [2.05, 4.69) is 21.8 Å². The Morgan fingerprint density at radius 1 is 1.24 bits per heavy atom. The molecule has 0 saturated carbocycles. The molecule has 0 bridgehead atoms. The average molecular weight is 306 g/mol. The molecule has 1 aromatic carbocycles. The summed E-state index contributed by atoms with van der Waals surface area (Å²) >= 11 is 0. The van der Waals surface area contributed by atoms with Gasteiger partial charge in [-0.05, 0) is 55.4 Å². The van der Waals surface area contributed by atoms with Crippen LogP contribution in [0.2, 0.25) is 0 Å². The van der Waals surface area contributed by atoms with E-state index < -0.39 is 10.0 Å². The van der Waals surface area contributed by atoms with Crippen molar-refractivity contribution < 1.29 is 8.42 Å². The molecule has 21 heavy (non-hydrogen) atoms. The van der Waals surface area contributed by atoms with Gasteiger partial charge in [-0.25, -0.2) is 13.1 Å². The number of aromatic amines is 1. The predicted molar refractivity (Wildman–Crippen MR) is 85.9 cm³/mol. The number of benzene rings is 1. The highest BCUT2D eigenvalue weighted by molar-refractivity contribution is 7.89. The minimum absolute atomic E-state index is 0.189. The molecule has 0 fully saturated rings. The first-order chi connectivity index (χ1) is 10.1. The molecule has 0 spiro atoms. The van der Waals surface area contributed by atoms with E-state index in [9.17, 15) is 8.42 Å². The number of H-pyrrole nitrogens is 1. The summed E-state index contributed by atoms with van der Waals surface area (Å²) in [6.45, 7) is 2.25. The number of aryl methyl sites for hydroxylation is 2. The third-order valence-corrected chi connectivity index (χ3v) is 5.66. The molecular formula is C16H22N2O2S. The molecule has 3 rings (SSSR count). The summed E-state index contributed by atoms with van der Waals surface area (Å²) in [6.07, 6.45) is 5.39. The van der Waals surface area contributed by atoms with Gasteiger partial charge in [0.25, 0.3) is 0 Å². The zero-order valence-electron chi connectivity index (χ0n) is 12.4. The lowest BCUT2D eigenvalue weighted by molar-refractivity contribution is 0.580. The molecule has 2 aromatic rings. The van der Waals surface area contributed by atoms with Gasteiger partial charge >= 0.3 is 0 Å². The van der Waals surface area contributed by atoms with Gasteiger partial charge in [0.15, 0.2) is 0 Å². The quantitative estimate of drug-likeness (QED) is 0.892. The van der Waals surface area contributed by atoms with Gasteiger partial charge in [0, 0.05) is 23.1 Å². The summed E-state index contributed by atoms with van der Waals surface area (Å²) in [6, 6.07) is 6.19. The zero-order chi connectivity index (χ0) is 14.9. The molecular weight excluding hydrogens is 284 g/mol. The van der Waals surface area contributed by atoms with Crippen LogP contribution in [0.4, 0.5) is 0 Å². The molecule has 1 aliphatic carbocycles. The van der Waals surface area contributed by atoms with Crippen LogP contribution in [0.5, 0.6) is 0 Å². The van der Waals surface area contributed by atoms with E-state index in [0.29, 0.717) is 13.0 Å². The van der Waals surface area contributed by atoms with E-state index in [4.69, 9.17) is 0 Å². The van der Waals surface area contributed by atoms with Crippen molar-refractivity contribution in [2.24, 2.45) is 0 Å². The number of hydrogen-bond donors (Lipinski definition) is 2. The lowest BCUT2D eigenvalue weighted by Gasteiger charge is -2.10. The zero-order valence-corrected chi connectivity index (χ0v) is 13.2. The minimum atomic E-state index is -3.14. The van der Waals surface area contributed by atoms with Gasteiger partial charge in [-0.3, -0.25) is 0 Å². The molecule has 0 radical (unpaired) electrons. The van der Waals surface area contributed by atoms with Gasteiger partial charge in [0.2, 0.25) is 10.0 Å². The van der Waals surface area contributed by atoms with Crippen LogP contribution in [0, 0.1) is 0 Å². The second-order valence-electron chi connectivity index (χ2n) is 5.81. The Hall–Kier alpha value is -1.33. The Kier molecular flexibility index (Phi) is 4.04. The van der Waals surface area contributed by atoms with Crippen LogP contribution in [-0.2, 0) is 29.4 Å². The van der Waals surface area contributed by atoms with Crippen LogP contribution >= 0.6 is 0 Å². The molecule has 0 unspecified atom stereocenters. The maximum absolute atomic E-state index is 11.7. The van der Waals surface area contributed by atoms with E-state index in [0.717, 1.165) is 18.4 Å². The SMILES string of the molecule is CCCS(=O)(=O)NCc1ccc2[nH]c3c(c2c1)CCCC3. The summed E-state index contributed by atoms with van der Waals surface area (Å²) < 4.78 is 26.1. The third kappa shape index (κ3) is 3.14. The van der Waals surface area contributed by atoms with E-state index in [1.165, 1.54) is 35.0 Å². The minimum Gasteiger partial charge on any atom is -0.358 e. The maximum atomic E-state index is 11.7. The number of hydrogen-bond acceptors (Lipinski definition) is 2. The number of aromatic nitrogens is 1. The lowest BCUT2D eigenvalue weighted by Crippen LogP contribution is -2.25. The molecule has 0 amide bonds. The van der Waals surface area contributed by atoms with Gasteiger partial charge in [-0.2, -0.15) is 0 Å². The maximum Gasteiger partial charge on any atom is 0.211 e. The fraction of sp³-hybridized carbons (Fsp3) is 0.500. The molecule has 0 saturated heterocycles. The fourth-order valence-electron chi connectivity index (χ4n) is 3.10. The molecule has 1 heterocycles. The van der Waals surface area contributed by atoms with Crippen LogP contribution in [-0.4, -0.2) is 19.2 Å². The van der Waals surface area contributed by atoms with Crippen molar-refractivity contribution in [3.8, 4) is 0 Å². The Morgan fingerprint density at radius 2 is 2.05 bits per heavy atom. The first-order valence-corrected chi connectivity index (χ1v) is 9.34. The summed E-state index contributed by atoms with van der Waals surface area (Å²) in [7, 11) is -3.14. The predicted octanol–water partition coefficient (Wildman–Crippen LogP) is 2.88. The number of sulfonamides is 1. The highest BCUT2D eigenvalue weighted by Crippen LogP contribution is 2.29. The van der Waals surface area contributed by atoms with Crippen LogP contribution < -0.4 is 4.72 Å². The number of fused-ring (bicyclic) bond motifs is 3. The lowest BCUT2D eigenvalue weighted by atomic mass is 9.95. The molecule has 1 aliphatic rings. The van der Waals surface area contributed by atoms with E-state index in [1.54, 1.807) is 0 Å². The van der Waals surface area contributed by atoms with Gasteiger partial charge in [-0.15, -0.1) is 0 Å². The van der Waals surface area contributed by atoms with Crippen LogP contribution in [0.15, 0.2) is 18.2 Å². The van der Waals surface area contributed by atoms with E-state index >= 15 is 0 Å². The van der Waals surface area contributed by atoms with E-state index in [-0.39, 0.29) is 5.75 Å². The number of rotatable bonds is 5. The van der Waals surface area contributed by atoms with Gasteiger partial charge in [0.1, 0.15) is 0 Å². The first kappa shape index (κ1) is 14.6. The molecule has 2 N–H and O–H groups in total. The number of nitrogens with one attached hydrogen (secondary N) is 2. The second kappa shape index (κ2) is 5.81. The smallest absolute Gasteiger partial charge is 0.211 e. The topological polar surface area (TPSA) is 62.0 Å². The van der Waals surface area contributed by atoms with Crippen LogP contribution in [0.3, 0.4) is 0 Å². The van der Waals surface area contributed by atoms with Crippen molar-refractivity contribution >= 4 is 20.9 Å². The molecule has 0 aliphatic heterocycles. The monoisotopic (exact) mass is 306 g/mol. The molecule has 4 nitrogen and oxygen atoms in total. The van der Waals surface area contributed by atoms with Crippen LogP contribution in [0.25, 0.3) is 10.9 Å². The highest BCUT2D eigenvalue weighted by Gasteiger charge is 2.15. The van der Waals surface area contributed by atoms with Crippen molar-refractivity contribution in [2.75, 3.05) is 5.75 Å². The summed E-state index contributed by atoms with van der Waals surface area (Å²) in [4.78, 5) is 3.50. The summed E-state index contributed by atoms with van der Waals surface area (Å²) in [5.74, 6) is 0.189. The fourth-order valence-corrected chi connectivity index (χ4v) is 4.17. The Bertz CT molecular complexity index is 747. The standard InChI is InChI=1S/C16H22N2O2S/c1-2-9-21(19,20)17-11-12-7-8-16-14(10-12)13-5-3-4-6-15(13)18-16/h7-8,10,17-18H,2-6,9,11H2,1H3. The molecule has 5 heteroatoms. The van der Waals surface area contributed by atoms with Crippen LogP contribution in [0.1, 0.15) is 43.0 Å². The van der Waals surface area contributed by atoms with Gasteiger partial charge in [-0.1, -0.05) is 13.0 Å². The van der Waals surface area contributed by atoms with Crippen molar-refractivity contribution in [3.05, 3.63) is 35.0 Å². The van der Waals surface area contributed by atoms with Crippen molar-refractivity contribution in [3.63, 3.8) is 0 Å². The first-order valence-electron chi connectivity index (χ1n) is 7.69. The summed E-state index contributed by atoms with van der Waals surface area (Å²) in [5.41, 5.74) is 4.98. The normalized spacial score (nSPS) is 15.3. The molecule has 1 aromatic heterocycles. The van der Waals surface area contributed by atoms with Crippen molar-refractivity contribution in [1.82, 2.24) is 9.71 Å². The summed E-state index contributed by atoms with van der Waals surface area (Å²) in [5, 5.41) is 1.26. The van der Waals surface area contributed by atoms with Crippen molar-refractivity contribution in [1.29, 1.82) is 0 Å². The van der Waals surface area contributed by atoms with Gasteiger partial charge in [0.05, 0.1) is 5.75 Å². The van der Waals surface area contributed by atoms with E-state index in [1.807, 2.05) is 13.0 Å². The third-order valence-electron chi connectivity index (χ3n) is 4.13. The Balaban J connectivity index is 1.84. The second-order valence-corrected chi connectivity index (χ2v) is 7.74. The van der Waals surface area contributed by atoms with Crippen molar-refractivity contribution in [2.45, 2.75) is 45.6 Å². The Morgan fingerprint density at radius 3 is 2.86 bits per heavy atom. The molecule has 114 valence electrons. The van der Waals surface area contributed by atoms with Gasteiger partial charge < -0.3 is 4.98 Å². The molecule has 0 atom stereocenters. The largest absolute Gasteiger partial charge is 0.358 e. The average Bonchev–Trinajstić information content (AvgIpc) is 2.83.